The molecule has 5 rings (SSSR count). The van der Waals surface area contributed by atoms with Gasteiger partial charge in [0.2, 0.25) is 0 Å². The maximum atomic E-state index is 13.1. The number of piperazine rings is 1. The van der Waals surface area contributed by atoms with Crippen molar-refractivity contribution >= 4 is 61.8 Å². The molecule has 0 atom stereocenters. The van der Waals surface area contributed by atoms with Crippen molar-refractivity contribution in [2.75, 3.05) is 31.1 Å². The molecule has 2 aromatic carbocycles. The number of nitro groups is 1. The number of carbonyl (C=O) groups is 1. The van der Waals surface area contributed by atoms with Crippen LogP contribution in [0, 0.1) is 10.1 Å². The number of hydrogen-bond acceptors (Lipinski definition) is 7. The number of para-hydroxylation sites is 1. The van der Waals surface area contributed by atoms with Gasteiger partial charge in [0.15, 0.2) is 0 Å². The summed E-state index contributed by atoms with van der Waals surface area (Å²) in [7, 11) is 0. The standard InChI is InChI=1S/C22H17ClN4O3S2/c23-14-5-6-16(17(13-14)27(29)30)25-9-11-26(12-10-25)22(28)20-8-7-19(31-20)21-24-15-3-1-2-4-18(15)32-21/h1-8,13H,9-12H2. The summed E-state index contributed by atoms with van der Waals surface area (Å²) >= 11 is 8.99. The lowest BCUT2D eigenvalue weighted by Gasteiger charge is -2.35. The van der Waals surface area contributed by atoms with Gasteiger partial charge in [0.1, 0.15) is 10.7 Å². The Balaban J connectivity index is 1.29. The van der Waals surface area contributed by atoms with E-state index in [-0.39, 0.29) is 11.6 Å². The lowest BCUT2D eigenvalue weighted by atomic mass is 10.2. The first kappa shape index (κ1) is 20.9. The van der Waals surface area contributed by atoms with Gasteiger partial charge in [0.25, 0.3) is 11.6 Å². The highest BCUT2D eigenvalue weighted by Gasteiger charge is 2.27. The van der Waals surface area contributed by atoms with Crippen LogP contribution in [-0.4, -0.2) is 46.9 Å². The number of fused-ring (bicyclic) bond motifs is 1. The predicted octanol–water partition coefficient (Wildman–Crippen LogP) is 5.55. The number of thiazole rings is 1. The highest BCUT2D eigenvalue weighted by molar-refractivity contribution is 7.26. The van der Waals surface area contributed by atoms with Crippen molar-refractivity contribution < 1.29 is 9.72 Å². The fraction of sp³-hybridized carbons (Fsp3) is 0.182. The molecule has 0 bridgehead atoms. The molecule has 0 spiro atoms. The minimum atomic E-state index is -0.423. The molecule has 1 amide bonds. The molecule has 0 unspecified atom stereocenters. The summed E-state index contributed by atoms with van der Waals surface area (Å²) in [5.41, 5.74) is 1.47. The van der Waals surface area contributed by atoms with Gasteiger partial charge in [0, 0.05) is 37.3 Å². The second-order valence-corrected chi connectivity index (χ2v) is 9.87. The maximum absolute atomic E-state index is 13.1. The van der Waals surface area contributed by atoms with Crippen molar-refractivity contribution in [3.63, 3.8) is 0 Å². The van der Waals surface area contributed by atoms with Gasteiger partial charge in [-0.2, -0.15) is 0 Å². The van der Waals surface area contributed by atoms with E-state index in [9.17, 15) is 14.9 Å². The molecule has 162 valence electrons. The quantitative estimate of drug-likeness (QED) is 0.280. The van der Waals surface area contributed by atoms with Crippen LogP contribution in [0.3, 0.4) is 0 Å². The second-order valence-electron chi connectivity index (χ2n) is 7.32. The molecule has 0 radical (unpaired) electrons. The molecule has 1 saturated heterocycles. The zero-order valence-electron chi connectivity index (χ0n) is 16.7. The molecule has 32 heavy (non-hydrogen) atoms. The number of nitrogens with zero attached hydrogens (tertiary/aromatic N) is 4. The zero-order valence-corrected chi connectivity index (χ0v) is 19.1. The normalized spacial score (nSPS) is 14.2. The Morgan fingerprint density at radius 2 is 1.81 bits per heavy atom. The van der Waals surface area contributed by atoms with E-state index >= 15 is 0 Å². The Morgan fingerprint density at radius 3 is 2.56 bits per heavy atom. The number of anilines is 1. The van der Waals surface area contributed by atoms with E-state index in [1.54, 1.807) is 28.4 Å². The molecular formula is C22H17ClN4O3S2. The molecule has 1 aliphatic heterocycles. The number of thiophene rings is 1. The second kappa shape index (κ2) is 8.50. The van der Waals surface area contributed by atoms with Crippen molar-refractivity contribution in [1.29, 1.82) is 0 Å². The minimum absolute atomic E-state index is 0.0176. The van der Waals surface area contributed by atoms with Gasteiger partial charge in [-0.3, -0.25) is 14.9 Å². The summed E-state index contributed by atoms with van der Waals surface area (Å²) in [5, 5.41) is 12.6. The highest BCUT2D eigenvalue weighted by Crippen LogP contribution is 2.35. The number of carbonyl (C=O) groups excluding carboxylic acids is 1. The van der Waals surface area contributed by atoms with E-state index in [1.165, 1.54) is 17.4 Å². The van der Waals surface area contributed by atoms with Crippen LogP contribution in [0.25, 0.3) is 20.1 Å². The monoisotopic (exact) mass is 484 g/mol. The van der Waals surface area contributed by atoms with Crippen LogP contribution < -0.4 is 4.90 Å². The lowest BCUT2D eigenvalue weighted by Crippen LogP contribution is -2.48. The summed E-state index contributed by atoms with van der Waals surface area (Å²) in [4.78, 5) is 34.1. The number of aromatic nitrogens is 1. The highest BCUT2D eigenvalue weighted by atomic mass is 35.5. The molecule has 0 aliphatic carbocycles. The molecule has 10 heteroatoms. The van der Waals surface area contributed by atoms with E-state index in [0.717, 1.165) is 20.1 Å². The Hall–Kier alpha value is -3.01. The average Bonchev–Trinajstić information content (AvgIpc) is 3.46. The minimum Gasteiger partial charge on any atom is -0.362 e. The van der Waals surface area contributed by atoms with Crippen molar-refractivity contribution in [3.8, 4) is 9.88 Å². The first-order valence-electron chi connectivity index (χ1n) is 9.93. The fourth-order valence-corrected chi connectivity index (χ4v) is 5.92. The summed E-state index contributed by atoms with van der Waals surface area (Å²) < 4.78 is 1.12. The topological polar surface area (TPSA) is 79.6 Å². The Kier molecular flexibility index (Phi) is 5.54. The Labute approximate surface area is 196 Å². The summed E-state index contributed by atoms with van der Waals surface area (Å²) in [5.74, 6) is -0.0207. The van der Waals surface area contributed by atoms with Gasteiger partial charge < -0.3 is 9.80 Å². The Morgan fingerprint density at radius 1 is 1.03 bits per heavy atom. The first-order chi connectivity index (χ1) is 15.5. The molecule has 0 saturated carbocycles. The van der Waals surface area contributed by atoms with E-state index in [2.05, 4.69) is 4.98 Å². The van der Waals surface area contributed by atoms with Crippen LogP contribution in [0.15, 0.2) is 54.6 Å². The number of nitro benzene ring substituents is 1. The van der Waals surface area contributed by atoms with Crippen molar-refractivity contribution in [2.45, 2.75) is 0 Å². The number of halogens is 1. The van der Waals surface area contributed by atoms with Crippen molar-refractivity contribution in [2.24, 2.45) is 0 Å². The van der Waals surface area contributed by atoms with Gasteiger partial charge in [-0.05, 0) is 36.4 Å². The average molecular weight is 485 g/mol. The van der Waals surface area contributed by atoms with Crippen molar-refractivity contribution in [1.82, 2.24) is 9.88 Å². The van der Waals surface area contributed by atoms with Gasteiger partial charge in [0.05, 0.1) is 24.9 Å². The van der Waals surface area contributed by atoms with Crippen LogP contribution in [0.2, 0.25) is 5.02 Å². The summed E-state index contributed by atoms with van der Waals surface area (Å²) in [6.07, 6.45) is 0. The maximum Gasteiger partial charge on any atom is 0.294 e. The largest absolute Gasteiger partial charge is 0.362 e. The molecule has 1 aliphatic rings. The van der Waals surface area contributed by atoms with Crippen LogP contribution >= 0.6 is 34.3 Å². The van der Waals surface area contributed by atoms with E-state index in [4.69, 9.17) is 11.6 Å². The van der Waals surface area contributed by atoms with Gasteiger partial charge in [-0.25, -0.2) is 4.98 Å². The molecule has 7 nitrogen and oxygen atoms in total. The van der Waals surface area contributed by atoms with E-state index in [0.29, 0.717) is 41.8 Å². The molecule has 4 aromatic rings. The van der Waals surface area contributed by atoms with Crippen LogP contribution in [0.1, 0.15) is 9.67 Å². The molecule has 1 fully saturated rings. The predicted molar refractivity (Wildman–Crippen MR) is 129 cm³/mol. The summed E-state index contributed by atoms with van der Waals surface area (Å²) in [6, 6.07) is 16.5. The Bertz CT molecular complexity index is 1290. The van der Waals surface area contributed by atoms with E-state index in [1.807, 2.05) is 41.3 Å². The SMILES string of the molecule is O=C(c1ccc(-c2nc3ccccc3s2)s1)N1CCN(c2ccc(Cl)cc2[N+](=O)[O-])CC1. The third-order valence-corrected chi connectivity index (χ3v) is 7.88. The van der Waals surface area contributed by atoms with Gasteiger partial charge in [-0.1, -0.05) is 23.7 Å². The summed E-state index contributed by atoms with van der Waals surface area (Å²) in [6.45, 7) is 2.02. The first-order valence-corrected chi connectivity index (χ1v) is 11.9. The fourth-order valence-electron chi connectivity index (χ4n) is 3.76. The van der Waals surface area contributed by atoms with E-state index < -0.39 is 4.92 Å². The number of hydrogen-bond donors (Lipinski definition) is 0. The molecule has 2 aromatic heterocycles. The van der Waals surface area contributed by atoms with Crippen LogP contribution in [0.5, 0.6) is 0 Å². The van der Waals surface area contributed by atoms with Crippen LogP contribution in [0.4, 0.5) is 11.4 Å². The zero-order chi connectivity index (χ0) is 22.2. The lowest BCUT2D eigenvalue weighted by molar-refractivity contribution is -0.384. The third kappa shape index (κ3) is 3.94. The smallest absolute Gasteiger partial charge is 0.294 e. The number of benzene rings is 2. The van der Waals surface area contributed by atoms with Crippen molar-refractivity contribution in [3.05, 3.63) is 74.6 Å². The molecule has 3 heterocycles. The van der Waals surface area contributed by atoms with Gasteiger partial charge >= 0.3 is 0 Å². The third-order valence-electron chi connectivity index (χ3n) is 5.36. The number of amides is 1. The van der Waals surface area contributed by atoms with Gasteiger partial charge in [-0.15, -0.1) is 22.7 Å². The molecular weight excluding hydrogens is 468 g/mol. The molecule has 0 N–H and O–H groups in total. The van der Waals surface area contributed by atoms with Crippen LogP contribution in [-0.2, 0) is 0 Å². The number of rotatable bonds is 4.